The number of carbonyl (C=O) groups is 1. The Morgan fingerprint density at radius 1 is 1.48 bits per heavy atom. The van der Waals surface area contributed by atoms with Crippen LogP contribution >= 0.6 is 22.7 Å². The Morgan fingerprint density at radius 2 is 2.14 bits per heavy atom. The summed E-state index contributed by atoms with van der Waals surface area (Å²) in [7, 11) is -1.27. The molecule has 0 N–H and O–H groups in total. The van der Waals surface area contributed by atoms with Crippen LogP contribution in [0.15, 0.2) is 24.3 Å². The molecule has 0 radical (unpaired) electrons. The van der Waals surface area contributed by atoms with Gasteiger partial charge in [-0.05, 0) is 19.4 Å². The number of hydrogen-bond acceptors (Lipinski definition) is 5. The molecule has 0 fully saturated rings. The number of non-ortho nitro benzene ring substituents is 1. The molecule has 0 bridgehead atoms. The fourth-order valence-electron chi connectivity index (χ4n) is 2.22. The largest absolute Gasteiger partial charge is 0.519 e. The number of carboxylic acid groups (broad SMARTS) is 1. The summed E-state index contributed by atoms with van der Waals surface area (Å²) in [6, 6.07) is 5.97. The third-order valence-corrected chi connectivity index (χ3v) is 5.75. The van der Waals surface area contributed by atoms with E-state index < -0.39 is 20.7 Å². The van der Waals surface area contributed by atoms with E-state index in [0.29, 0.717) is 22.7 Å². The minimum atomic E-state index is -1.27. The van der Waals surface area contributed by atoms with Gasteiger partial charge >= 0.3 is 3.95 Å². The Bertz CT molecular complexity index is 792. The van der Waals surface area contributed by atoms with Crippen molar-refractivity contribution in [2.45, 2.75) is 20.3 Å². The van der Waals surface area contributed by atoms with Crippen molar-refractivity contribution >= 4 is 33.7 Å². The highest BCUT2D eigenvalue weighted by Gasteiger charge is 2.24. The molecule has 1 heterocycles. The molecule has 8 heteroatoms. The van der Waals surface area contributed by atoms with Crippen molar-refractivity contribution in [3.63, 3.8) is 0 Å². The van der Waals surface area contributed by atoms with E-state index in [-0.39, 0.29) is 9.64 Å². The highest BCUT2D eigenvalue weighted by atomic mass is 32.2. The lowest BCUT2D eigenvalue weighted by Crippen LogP contribution is -2.17. The SMILES string of the molecule is CCc1c(C)n(-c2cccc([N+](=O)[O-])c2)c(=S)[s+]1C(=O)[O-]. The lowest BCUT2D eigenvalue weighted by molar-refractivity contribution is -0.384. The topological polar surface area (TPSA) is 88.2 Å². The maximum Gasteiger partial charge on any atom is 0.369 e. The summed E-state index contributed by atoms with van der Waals surface area (Å²) < 4.78 is 1.80. The van der Waals surface area contributed by atoms with Gasteiger partial charge in [-0.2, -0.15) is 0 Å². The Morgan fingerprint density at radius 3 is 2.62 bits per heavy atom. The van der Waals surface area contributed by atoms with Gasteiger partial charge in [0.25, 0.3) is 17.9 Å². The van der Waals surface area contributed by atoms with Crippen molar-refractivity contribution in [2.24, 2.45) is 0 Å². The lowest BCUT2D eigenvalue weighted by Gasteiger charge is -2.03. The van der Waals surface area contributed by atoms with Crippen molar-refractivity contribution in [1.82, 2.24) is 4.57 Å². The van der Waals surface area contributed by atoms with Crippen molar-refractivity contribution < 1.29 is 14.8 Å². The van der Waals surface area contributed by atoms with E-state index in [1.54, 1.807) is 23.6 Å². The Hall–Kier alpha value is -2.06. The second-order valence-electron chi connectivity index (χ2n) is 4.30. The van der Waals surface area contributed by atoms with Gasteiger partial charge in [0.05, 0.1) is 16.3 Å². The van der Waals surface area contributed by atoms with Gasteiger partial charge in [-0.25, -0.2) is 0 Å². The highest BCUT2D eigenvalue weighted by molar-refractivity contribution is 7.76. The monoisotopic (exact) mass is 324 g/mol. The molecule has 2 aromatic rings. The molecule has 0 spiro atoms. The Kier molecular flexibility index (Phi) is 4.19. The smallest absolute Gasteiger partial charge is 0.369 e. The third-order valence-electron chi connectivity index (χ3n) is 3.13. The normalized spacial score (nSPS) is 11.4. The van der Waals surface area contributed by atoms with Gasteiger partial charge in [0.1, 0.15) is 4.88 Å². The summed E-state index contributed by atoms with van der Waals surface area (Å²) in [5.41, 5.74) is 1.13. The summed E-state index contributed by atoms with van der Waals surface area (Å²) in [4.78, 5) is 22.4. The van der Waals surface area contributed by atoms with Crippen LogP contribution in [-0.4, -0.2) is 14.8 Å². The van der Waals surface area contributed by atoms with Gasteiger partial charge < -0.3 is 9.90 Å². The van der Waals surface area contributed by atoms with Gasteiger partial charge in [-0.1, -0.05) is 13.0 Å². The molecule has 1 unspecified atom stereocenters. The van der Waals surface area contributed by atoms with E-state index in [9.17, 15) is 20.0 Å². The first-order valence-electron chi connectivity index (χ1n) is 6.12. The summed E-state index contributed by atoms with van der Waals surface area (Å²) in [5.74, 6) is 0. The molecular weight excluding hydrogens is 312 g/mol. The molecule has 2 rings (SSSR count). The minimum Gasteiger partial charge on any atom is -0.519 e. The standard InChI is InChI=1S/C13H12N2O4S2/c1-3-11-8(2)14(12(20)21(11)13(16)17)9-5-4-6-10(7-9)15(18)19/h4-7H,3H2,1-2H3. The van der Waals surface area contributed by atoms with Crippen LogP contribution < -0.4 is 5.11 Å². The summed E-state index contributed by atoms with van der Waals surface area (Å²) >= 11 is 5.26. The zero-order chi connectivity index (χ0) is 15.7. The number of benzene rings is 1. The van der Waals surface area contributed by atoms with Crippen LogP contribution in [0.3, 0.4) is 0 Å². The van der Waals surface area contributed by atoms with Gasteiger partial charge in [0, 0.05) is 22.6 Å². The second kappa shape index (κ2) is 5.74. The van der Waals surface area contributed by atoms with Crippen LogP contribution in [0.1, 0.15) is 17.5 Å². The van der Waals surface area contributed by atoms with Crippen LogP contribution in [0.2, 0.25) is 0 Å². The zero-order valence-electron chi connectivity index (χ0n) is 11.4. The van der Waals surface area contributed by atoms with Gasteiger partial charge in [-0.15, -0.1) is 0 Å². The minimum absolute atomic E-state index is 0.0682. The van der Waals surface area contributed by atoms with Crippen molar-refractivity contribution in [2.75, 3.05) is 0 Å². The average molecular weight is 324 g/mol. The van der Waals surface area contributed by atoms with Gasteiger partial charge in [0.15, 0.2) is 0 Å². The fourth-order valence-corrected chi connectivity index (χ4v) is 4.63. The van der Waals surface area contributed by atoms with E-state index >= 15 is 0 Å². The maximum absolute atomic E-state index is 11.3. The second-order valence-corrected chi connectivity index (χ2v) is 6.77. The first kappa shape index (κ1) is 15.3. The highest BCUT2D eigenvalue weighted by Crippen LogP contribution is 2.34. The number of aromatic nitrogens is 1. The molecule has 21 heavy (non-hydrogen) atoms. The first-order valence-corrected chi connectivity index (χ1v) is 7.75. The van der Waals surface area contributed by atoms with Crippen molar-refractivity contribution in [3.8, 4) is 5.69 Å². The average Bonchev–Trinajstić information content (AvgIpc) is 2.69. The molecule has 0 aliphatic rings. The van der Waals surface area contributed by atoms with Crippen molar-refractivity contribution in [1.29, 1.82) is 0 Å². The lowest BCUT2D eigenvalue weighted by atomic mass is 10.2. The molecule has 1 atom stereocenters. The summed E-state index contributed by atoms with van der Waals surface area (Å²) in [5, 5.41) is 21.0. The number of thiazole rings is 1. The van der Waals surface area contributed by atoms with Crippen LogP contribution in [0.25, 0.3) is 5.69 Å². The molecule has 1 aromatic carbocycles. The van der Waals surface area contributed by atoms with Crippen LogP contribution in [0.4, 0.5) is 10.5 Å². The summed E-state index contributed by atoms with van der Waals surface area (Å²) in [6.45, 7) is 3.61. The molecule has 0 aliphatic carbocycles. The molecule has 110 valence electrons. The third kappa shape index (κ3) is 2.59. The molecule has 6 nitrogen and oxygen atoms in total. The number of carbonyl (C=O) groups excluding carboxylic acids is 1. The molecule has 0 saturated heterocycles. The van der Waals surface area contributed by atoms with Crippen molar-refractivity contribution in [3.05, 3.63) is 48.9 Å². The number of nitrogens with zero attached hydrogens (tertiary/aromatic N) is 2. The van der Waals surface area contributed by atoms with E-state index in [4.69, 9.17) is 12.2 Å². The number of rotatable bonds is 4. The van der Waals surface area contributed by atoms with Gasteiger partial charge in [-0.3, -0.25) is 14.7 Å². The number of hydrogen-bond donors (Lipinski definition) is 0. The Balaban J connectivity index is 2.76. The van der Waals surface area contributed by atoms with E-state index in [2.05, 4.69) is 0 Å². The van der Waals surface area contributed by atoms with Crippen LogP contribution in [0, 0.1) is 21.0 Å². The van der Waals surface area contributed by atoms with Crippen LogP contribution in [-0.2, 0) is 6.42 Å². The van der Waals surface area contributed by atoms with Gasteiger partial charge in [0.2, 0.25) is 5.30 Å². The fraction of sp³-hybridized carbons (Fsp3) is 0.231. The Labute approximate surface area is 128 Å². The molecule has 0 aliphatic heterocycles. The summed E-state index contributed by atoms with van der Waals surface area (Å²) in [6.07, 6.45) is 0.536. The van der Waals surface area contributed by atoms with E-state index in [0.717, 1.165) is 0 Å². The molecule has 1 aromatic heterocycles. The molecule has 0 amide bonds. The van der Waals surface area contributed by atoms with E-state index in [1.807, 2.05) is 6.92 Å². The number of nitro benzene ring substituents is 1. The van der Waals surface area contributed by atoms with E-state index in [1.165, 1.54) is 12.1 Å². The zero-order valence-corrected chi connectivity index (χ0v) is 13.0. The quantitative estimate of drug-likeness (QED) is 0.373. The first-order chi connectivity index (χ1) is 9.88. The number of nitro groups is 1. The van der Waals surface area contributed by atoms with Crippen LogP contribution in [0.5, 0.6) is 0 Å². The molecule has 0 saturated carbocycles. The maximum atomic E-state index is 11.3. The molecular formula is C13H12N2O4S2. The predicted molar refractivity (Wildman–Crippen MR) is 80.6 cm³/mol. The predicted octanol–water partition coefficient (Wildman–Crippen LogP) is 2.93.